The van der Waals surface area contributed by atoms with Gasteiger partial charge in [-0.1, -0.05) is 34.1 Å². The number of ketones is 1. The fraction of sp³-hybridized carbons (Fsp3) is 0.0435. The number of hydrogen-bond acceptors (Lipinski definition) is 7. The molecule has 0 saturated heterocycles. The van der Waals surface area contributed by atoms with Crippen LogP contribution in [0.3, 0.4) is 0 Å². The lowest BCUT2D eigenvalue weighted by Crippen LogP contribution is -2.25. The fourth-order valence-electron chi connectivity index (χ4n) is 2.80. The van der Waals surface area contributed by atoms with Crippen molar-refractivity contribution >= 4 is 49.3 Å². The van der Waals surface area contributed by atoms with Crippen LogP contribution in [0.2, 0.25) is 0 Å². The molecule has 7 nitrogen and oxygen atoms in total. The van der Waals surface area contributed by atoms with E-state index in [9.17, 15) is 14.0 Å². The summed E-state index contributed by atoms with van der Waals surface area (Å²) in [5.41, 5.74) is 0.107. The number of carbonyl (C=O) groups is 2. The van der Waals surface area contributed by atoms with Crippen LogP contribution in [0.15, 0.2) is 74.7 Å². The number of esters is 1. The lowest BCUT2D eigenvalue weighted by molar-refractivity contribution is -0.114. The summed E-state index contributed by atoms with van der Waals surface area (Å²) >= 11 is 6.61. The van der Waals surface area contributed by atoms with Crippen LogP contribution in [-0.2, 0) is 4.79 Å². The molecule has 0 aliphatic carbocycles. The van der Waals surface area contributed by atoms with Gasteiger partial charge >= 0.3 is 5.97 Å². The van der Waals surface area contributed by atoms with E-state index in [1.807, 2.05) is 6.07 Å². The minimum absolute atomic E-state index is 0.0234. The number of nitriles is 1. The second kappa shape index (κ2) is 10.8. The second-order valence-electron chi connectivity index (χ2n) is 6.46. The zero-order valence-electron chi connectivity index (χ0n) is 16.7. The summed E-state index contributed by atoms with van der Waals surface area (Å²) in [4.78, 5) is 25.5. The molecule has 0 heterocycles. The SMILES string of the molecule is N#Cc1ccccc1OCC(=O)/C(=N/N)c1cc(Br)cc(Br)c1OC(=O)c1cccc(F)c1. The van der Waals surface area contributed by atoms with Gasteiger partial charge in [0.1, 0.15) is 23.3 Å². The molecule has 0 spiro atoms. The number of ether oxygens (including phenoxy) is 2. The number of rotatable bonds is 7. The summed E-state index contributed by atoms with van der Waals surface area (Å²) < 4.78 is 25.3. The Morgan fingerprint density at radius 2 is 1.85 bits per heavy atom. The van der Waals surface area contributed by atoms with Crippen molar-refractivity contribution in [3.05, 3.63) is 92.1 Å². The summed E-state index contributed by atoms with van der Waals surface area (Å²) in [5.74, 6) is 3.61. The lowest BCUT2D eigenvalue weighted by Gasteiger charge is -2.14. The lowest BCUT2D eigenvalue weighted by atomic mass is 10.1. The number of Topliss-reactive ketones (excluding diaryl/α,β-unsaturated/α-hetero) is 1. The first kappa shape index (κ1) is 24.1. The normalized spacial score (nSPS) is 10.9. The molecular formula is C23H14Br2FN3O4. The highest BCUT2D eigenvalue weighted by molar-refractivity contribution is 9.11. The predicted molar refractivity (Wildman–Crippen MR) is 126 cm³/mol. The van der Waals surface area contributed by atoms with Crippen molar-refractivity contribution in [2.45, 2.75) is 0 Å². The largest absolute Gasteiger partial charge is 0.484 e. The molecule has 3 aromatic carbocycles. The Balaban J connectivity index is 1.90. The average molecular weight is 575 g/mol. The predicted octanol–water partition coefficient (Wildman–Crippen LogP) is 4.75. The highest BCUT2D eigenvalue weighted by atomic mass is 79.9. The van der Waals surface area contributed by atoms with Gasteiger partial charge in [0.05, 0.1) is 21.2 Å². The molecule has 10 heteroatoms. The molecule has 2 N–H and O–H groups in total. The van der Waals surface area contributed by atoms with Crippen LogP contribution in [0.1, 0.15) is 21.5 Å². The number of halogens is 3. The van der Waals surface area contributed by atoms with Gasteiger partial charge < -0.3 is 15.3 Å². The Morgan fingerprint density at radius 3 is 2.55 bits per heavy atom. The molecule has 0 bridgehead atoms. The summed E-state index contributed by atoms with van der Waals surface area (Å²) in [6, 6.07) is 16.5. The van der Waals surface area contributed by atoms with Gasteiger partial charge in [-0.3, -0.25) is 4.79 Å². The second-order valence-corrected chi connectivity index (χ2v) is 8.23. The molecule has 0 aliphatic heterocycles. The van der Waals surface area contributed by atoms with E-state index in [0.717, 1.165) is 6.07 Å². The first-order chi connectivity index (χ1) is 15.8. The van der Waals surface area contributed by atoms with E-state index >= 15 is 0 Å². The molecule has 0 aromatic heterocycles. The molecule has 0 aliphatic rings. The first-order valence-electron chi connectivity index (χ1n) is 9.24. The van der Waals surface area contributed by atoms with Gasteiger partial charge in [-0.2, -0.15) is 10.4 Å². The molecule has 0 unspecified atom stereocenters. The highest BCUT2D eigenvalue weighted by Gasteiger charge is 2.24. The summed E-state index contributed by atoms with van der Waals surface area (Å²) in [6.07, 6.45) is 0. The van der Waals surface area contributed by atoms with Crippen LogP contribution >= 0.6 is 31.9 Å². The molecule has 0 radical (unpaired) electrons. The number of hydrogen-bond donors (Lipinski definition) is 1. The van der Waals surface area contributed by atoms with Crippen LogP contribution in [0.5, 0.6) is 11.5 Å². The van der Waals surface area contributed by atoms with Gasteiger partial charge in [0.25, 0.3) is 0 Å². The maximum atomic E-state index is 13.5. The third-order valence-electron chi connectivity index (χ3n) is 4.28. The fourth-order valence-corrected chi connectivity index (χ4v) is 4.10. The molecule has 166 valence electrons. The summed E-state index contributed by atoms with van der Waals surface area (Å²) in [6.45, 7) is -0.476. The highest BCUT2D eigenvalue weighted by Crippen LogP contribution is 2.34. The van der Waals surface area contributed by atoms with Crippen molar-refractivity contribution in [1.29, 1.82) is 5.26 Å². The maximum Gasteiger partial charge on any atom is 0.343 e. The third-order valence-corrected chi connectivity index (χ3v) is 5.32. The smallest absolute Gasteiger partial charge is 0.343 e. The van der Waals surface area contributed by atoms with Crippen molar-refractivity contribution in [1.82, 2.24) is 0 Å². The molecule has 0 amide bonds. The standard InChI is InChI=1S/C23H14Br2FN3O4/c24-15-9-17(21(29-28)19(30)12-32-20-7-2-1-4-14(20)11-27)22(18(25)10-15)33-23(31)13-5-3-6-16(26)8-13/h1-10H,12,28H2/b29-21+. The van der Waals surface area contributed by atoms with Crippen molar-refractivity contribution in [3.63, 3.8) is 0 Å². The number of nitrogens with two attached hydrogens (primary N) is 1. The van der Waals surface area contributed by atoms with Gasteiger partial charge in [-0.25, -0.2) is 9.18 Å². The molecular weight excluding hydrogens is 561 g/mol. The Labute approximate surface area is 204 Å². The number of nitrogens with zero attached hydrogens (tertiary/aromatic N) is 2. The van der Waals surface area contributed by atoms with Crippen molar-refractivity contribution in [3.8, 4) is 17.6 Å². The van der Waals surface area contributed by atoms with E-state index in [-0.39, 0.29) is 33.9 Å². The van der Waals surface area contributed by atoms with Gasteiger partial charge in [0.2, 0.25) is 5.78 Å². The zero-order valence-corrected chi connectivity index (χ0v) is 19.9. The van der Waals surface area contributed by atoms with Gasteiger partial charge in [0, 0.05) is 4.47 Å². The Hall–Kier alpha value is -3.55. The summed E-state index contributed by atoms with van der Waals surface area (Å²) in [5, 5.41) is 12.7. The van der Waals surface area contributed by atoms with E-state index in [0.29, 0.717) is 8.95 Å². The van der Waals surface area contributed by atoms with E-state index in [1.165, 1.54) is 24.3 Å². The van der Waals surface area contributed by atoms with Crippen LogP contribution in [-0.4, -0.2) is 24.1 Å². The Kier molecular flexibility index (Phi) is 7.92. The van der Waals surface area contributed by atoms with E-state index in [1.54, 1.807) is 30.3 Å². The minimum Gasteiger partial charge on any atom is -0.484 e. The van der Waals surface area contributed by atoms with Crippen molar-refractivity contribution in [2.24, 2.45) is 10.9 Å². The average Bonchev–Trinajstić information content (AvgIpc) is 2.80. The number of benzene rings is 3. The molecule has 33 heavy (non-hydrogen) atoms. The number of hydrazone groups is 1. The number of carbonyl (C=O) groups excluding carboxylic acids is 2. The molecule has 0 atom stereocenters. The molecule has 3 rings (SSSR count). The van der Waals surface area contributed by atoms with Crippen LogP contribution in [0.25, 0.3) is 0 Å². The van der Waals surface area contributed by atoms with E-state index in [4.69, 9.17) is 20.6 Å². The Morgan fingerprint density at radius 1 is 1.09 bits per heavy atom. The number of para-hydroxylation sites is 1. The molecule has 0 fully saturated rings. The third kappa shape index (κ3) is 5.83. The van der Waals surface area contributed by atoms with E-state index < -0.39 is 24.2 Å². The maximum absolute atomic E-state index is 13.5. The quantitative estimate of drug-likeness (QED) is 0.143. The first-order valence-corrected chi connectivity index (χ1v) is 10.8. The molecule has 0 saturated carbocycles. The zero-order chi connectivity index (χ0) is 24.0. The van der Waals surface area contributed by atoms with Crippen LogP contribution < -0.4 is 15.3 Å². The van der Waals surface area contributed by atoms with Gasteiger partial charge in [0.15, 0.2) is 12.4 Å². The van der Waals surface area contributed by atoms with Crippen LogP contribution in [0, 0.1) is 17.1 Å². The van der Waals surface area contributed by atoms with Crippen LogP contribution in [0.4, 0.5) is 4.39 Å². The molecule has 3 aromatic rings. The van der Waals surface area contributed by atoms with Crippen molar-refractivity contribution < 1.29 is 23.5 Å². The van der Waals surface area contributed by atoms with Crippen molar-refractivity contribution in [2.75, 3.05) is 6.61 Å². The Bertz CT molecular complexity index is 1310. The topological polar surface area (TPSA) is 115 Å². The monoisotopic (exact) mass is 573 g/mol. The van der Waals surface area contributed by atoms with Gasteiger partial charge in [-0.15, -0.1) is 0 Å². The summed E-state index contributed by atoms with van der Waals surface area (Å²) in [7, 11) is 0. The van der Waals surface area contributed by atoms with E-state index in [2.05, 4.69) is 37.0 Å². The minimum atomic E-state index is -0.846. The van der Waals surface area contributed by atoms with Gasteiger partial charge in [-0.05, 0) is 58.4 Å².